The quantitative estimate of drug-likeness (QED) is 0.169. The molecule has 6 atom stereocenters. The zero-order chi connectivity index (χ0) is 32.8. The summed E-state index contributed by atoms with van der Waals surface area (Å²) in [4.78, 5) is 0. The molecule has 1 nitrogen and oxygen atoms in total. The van der Waals surface area contributed by atoms with Gasteiger partial charge in [-0.15, -0.1) is 0 Å². The zero-order valence-corrected chi connectivity index (χ0v) is 30.4. The van der Waals surface area contributed by atoms with Crippen molar-refractivity contribution >= 4 is 0 Å². The van der Waals surface area contributed by atoms with Crippen LogP contribution in [0.15, 0.2) is 0 Å². The Morgan fingerprint density at radius 2 is 1.07 bits per heavy atom. The maximum Gasteiger partial charge on any atom is 0.414 e. The molecular formula is C36H79F3O. The molecule has 0 heterocycles. The van der Waals surface area contributed by atoms with E-state index in [1.807, 2.05) is 27.7 Å². The van der Waals surface area contributed by atoms with Gasteiger partial charge in [0.25, 0.3) is 0 Å². The van der Waals surface area contributed by atoms with Gasteiger partial charge in [-0.05, 0) is 48.9 Å². The van der Waals surface area contributed by atoms with Crippen molar-refractivity contribution in [3.8, 4) is 0 Å². The van der Waals surface area contributed by atoms with E-state index < -0.39 is 12.3 Å². The Labute approximate surface area is 253 Å². The molecule has 0 bridgehead atoms. The smallest absolute Gasteiger partial charge is 0.384 e. The average molecular weight is 585 g/mol. The van der Waals surface area contributed by atoms with E-state index in [0.29, 0.717) is 12.3 Å². The van der Waals surface area contributed by atoms with Crippen molar-refractivity contribution in [2.24, 2.45) is 29.1 Å². The first-order valence-corrected chi connectivity index (χ1v) is 17.4. The van der Waals surface area contributed by atoms with Crippen LogP contribution in [0.1, 0.15) is 194 Å². The second kappa shape index (κ2) is 33.3. The third-order valence-corrected chi connectivity index (χ3v) is 7.77. The molecule has 0 rings (SSSR count). The highest BCUT2D eigenvalue weighted by atomic mass is 19.4. The van der Waals surface area contributed by atoms with Gasteiger partial charge in [-0.1, -0.05) is 174 Å². The first-order chi connectivity index (χ1) is 18.7. The molecule has 0 fully saturated rings. The monoisotopic (exact) mass is 585 g/mol. The molecule has 0 spiro atoms. The summed E-state index contributed by atoms with van der Waals surface area (Å²) in [7, 11) is 0. The van der Waals surface area contributed by atoms with Crippen molar-refractivity contribution in [1.29, 1.82) is 0 Å². The lowest BCUT2D eigenvalue weighted by Gasteiger charge is -2.43. The van der Waals surface area contributed by atoms with Crippen LogP contribution in [0.3, 0.4) is 0 Å². The number of halogens is 3. The highest BCUT2D eigenvalue weighted by Crippen LogP contribution is 2.46. The highest BCUT2D eigenvalue weighted by Gasteiger charge is 2.36. The van der Waals surface area contributed by atoms with E-state index in [1.54, 1.807) is 0 Å². The second-order valence-electron chi connectivity index (χ2n) is 11.9. The summed E-state index contributed by atoms with van der Waals surface area (Å²) in [5.74, 6) is 3.57. The Morgan fingerprint density at radius 1 is 0.625 bits per heavy atom. The van der Waals surface area contributed by atoms with Crippen LogP contribution in [0.25, 0.3) is 0 Å². The molecule has 0 aliphatic carbocycles. The molecule has 0 saturated heterocycles. The van der Waals surface area contributed by atoms with E-state index >= 15 is 0 Å². The van der Waals surface area contributed by atoms with Crippen molar-refractivity contribution < 1.29 is 18.3 Å². The van der Waals surface area contributed by atoms with Crippen LogP contribution >= 0.6 is 0 Å². The maximum atomic E-state index is 10.9. The molecule has 0 aromatic rings. The Kier molecular flexibility index (Phi) is 41.1. The van der Waals surface area contributed by atoms with Gasteiger partial charge in [0, 0.05) is 0 Å². The van der Waals surface area contributed by atoms with E-state index in [0.717, 1.165) is 23.7 Å². The molecule has 0 aromatic heterocycles. The Hall–Kier alpha value is -0.250. The fourth-order valence-electron chi connectivity index (χ4n) is 5.35. The van der Waals surface area contributed by atoms with Gasteiger partial charge < -0.3 is 5.11 Å². The summed E-state index contributed by atoms with van der Waals surface area (Å²) in [5, 5.41) is 7.76. The van der Waals surface area contributed by atoms with Crippen molar-refractivity contribution in [2.45, 2.75) is 206 Å². The number of hydrogen-bond donors (Lipinski definition) is 1. The highest BCUT2D eigenvalue weighted by molar-refractivity contribution is 4.86. The number of aliphatic hydroxyl groups is 1. The molecule has 0 aromatic carbocycles. The Bertz CT molecular complexity index is 450. The van der Waals surface area contributed by atoms with Crippen LogP contribution in [0.5, 0.6) is 0 Å². The predicted octanol–water partition coefficient (Wildman–Crippen LogP) is 14.1. The predicted molar refractivity (Wildman–Crippen MR) is 178 cm³/mol. The molecule has 2 unspecified atom stereocenters. The number of rotatable bonds is 17. The lowest BCUT2D eigenvalue weighted by Crippen LogP contribution is -2.34. The first-order valence-electron chi connectivity index (χ1n) is 17.4. The molecule has 1 N–H and O–H groups in total. The van der Waals surface area contributed by atoms with Gasteiger partial charge in [0.05, 0.1) is 0 Å². The molecule has 0 amide bonds. The standard InChI is InChI=1S/C26H54.C3H5F3O.C3H8.2C2H6/c1-9-13-15-16-17-23(6)18-19-24(7)25(12-4)26(8,20-14-10-2)21-22(5)11-3;1-2(7)3(4,5)6;1-3-2;2*1-2/h22-25H,9-21H2,1-8H3;2,7H,1H3;3H2,1-2H3;2*1-2H3/t22-,23-,24?,25?,26+;2-;;;/m01.../s1. The third kappa shape index (κ3) is 30.7. The molecule has 250 valence electrons. The van der Waals surface area contributed by atoms with Gasteiger partial charge in [0.15, 0.2) is 0 Å². The average Bonchev–Trinajstić information content (AvgIpc) is 2.91. The van der Waals surface area contributed by atoms with Crippen molar-refractivity contribution in [2.75, 3.05) is 0 Å². The molecule has 4 heteroatoms. The van der Waals surface area contributed by atoms with Gasteiger partial charge in [-0.3, -0.25) is 0 Å². The van der Waals surface area contributed by atoms with Crippen LogP contribution in [0, 0.1) is 29.1 Å². The lowest BCUT2D eigenvalue weighted by atomic mass is 9.62. The molecule has 0 aliphatic heterocycles. The van der Waals surface area contributed by atoms with E-state index in [9.17, 15) is 13.2 Å². The van der Waals surface area contributed by atoms with Gasteiger partial charge >= 0.3 is 6.18 Å². The number of unbranched alkanes of at least 4 members (excludes halogenated alkanes) is 4. The number of aliphatic hydroxyl groups excluding tert-OH is 1. The summed E-state index contributed by atoms with van der Waals surface area (Å²) in [6, 6.07) is 0. The van der Waals surface area contributed by atoms with Gasteiger partial charge in [-0.2, -0.15) is 13.2 Å². The van der Waals surface area contributed by atoms with Crippen molar-refractivity contribution in [1.82, 2.24) is 0 Å². The first kappa shape index (κ1) is 49.4. The largest absolute Gasteiger partial charge is 0.414 e. The number of alkyl halides is 3. The molecule has 0 radical (unpaired) electrons. The fourth-order valence-corrected chi connectivity index (χ4v) is 5.35. The Balaban J connectivity index is -0.000000242. The van der Waals surface area contributed by atoms with Crippen LogP contribution in [-0.4, -0.2) is 17.4 Å². The van der Waals surface area contributed by atoms with Crippen LogP contribution in [0.4, 0.5) is 13.2 Å². The van der Waals surface area contributed by atoms with Crippen LogP contribution in [-0.2, 0) is 0 Å². The van der Waals surface area contributed by atoms with Gasteiger partial charge in [-0.25, -0.2) is 0 Å². The van der Waals surface area contributed by atoms with E-state index in [2.05, 4.69) is 69.2 Å². The van der Waals surface area contributed by atoms with Crippen LogP contribution < -0.4 is 0 Å². The third-order valence-electron chi connectivity index (χ3n) is 7.77. The van der Waals surface area contributed by atoms with Crippen molar-refractivity contribution in [3.05, 3.63) is 0 Å². The zero-order valence-electron chi connectivity index (χ0n) is 30.4. The molecular weight excluding hydrogens is 505 g/mol. The second-order valence-corrected chi connectivity index (χ2v) is 11.9. The number of hydrogen-bond acceptors (Lipinski definition) is 1. The van der Waals surface area contributed by atoms with Crippen molar-refractivity contribution in [3.63, 3.8) is 0 Å². The summed E-state index contributed by atoms with van der Waals surface area (Å²) in [5.41, 5.74) is 0.546. The van der Waals surface area contributed by atoms with Gasteiger partial charge in [0.1, 0.15) is 6.10 Å². The summed E-state index contributed by atoms with van der Waals surface area (Å²) in [6.45, 7) is 32.6. The minimum absolute atomic E-state index is 0.546. The minimum Gasteiger partial charge on any atom is -0.384 e. The summed E-state index contributed by atoms with van der Waals surface area (Å²) in [6.07, 6.45) is 12.9. The summed E-state index contributed by atoms with van der Waals surface area (Å²) >= 11 is 0. The SMILES string of the molecule is CC.CC.CCC.CCCCCC[C@H](C)CCC(C)C(CC)[C@](C)(CCCC)C[C@@H](C)CC.C[C@@H](O)C(F)(F)F. The Morgan fingerprint density at radius 3 is 1.43 bits per heavy atom. The van der Waals surface area contributed by atoms with E-state index in [-0.39, 0.29) is 0 Å². The van der Waals surface area contributed by atoms with E-state index in [1.165, 1.54) is 89.9 Å². The van der Waals surface area contributed by atoms with Crippen LogP contribution in [0.2, 0.25) is 0 Å². The minimum atomic E-state index is -4.44. The fraction of sp³-hybridized carbons (Fsp3) is 1.00. The molecule has 0 aliphatic rings. The molecule has 40 heavy (non-hydrogen) atoms. The normalized spacial score (nSPS) is 16.0. The topological polar surface area (TPSA) is 20.2 Å². The van der Waals surface area contributed by atoms with E-state index in [4.69, 9.17) is 5.11 Å². The lowest BCUT2D eigenvalue weighted by molar-refractivity contribution is -0.197. The maximum absolute atomic E-state index is 10.9. The molecule has 0 saturated carbocycles. The summed E-state index contributed by atoms with van der Waals surface area (Å²) < 4.78 is 32.8. The van der Waals surface area contributed by atoms with Gasteiger partial charge in [0.2, 0.25) is 0 Å².